The van der Waals surface area contributed by atoms with Crippen molar-refractivity contribution in [2.24, 2.45) is 0 Å². The number of fused-ring (bicyclic) bond motifs is 1. The molecule has 1 amide bonds. The maximum absolute atomic E-state index is 12.8. The van der Waals surface area contributed by atoms with E-state index < -0.39 is 5.56 Å². The molecule has 30 heavy (non-hydrogen) atoms. The summed E-state index contributed by atoms with van der Waals surface area (Å²) in [7, 11) is 0. The zero-order valence-corrected chi connectivity index (χ0v) is 16.9. The van der Waals surface area contributed by atoms with Crippen LogP contribution in [0, 0.1) is 13.8 Å². The number of hydrogen-bond acceptors (Lipinski definition) is 5. The first-order valence-electron chi connectivity index (χ1n) is 9.72. The Kier molecular flexibility index (Phi) is 5.38. The largest absolute Gasteiger partial charge is 0.354 e. The molecule has 0 aliphatic rings. The summed E-state index contributed by atoms with van der Waals surface area (Å²) in [6, 6.07) is 15.7. The van der Waals surface area contributed by atoms with Gasteiger partial charge in [0.15, 0.2) is 11.2 Å². The standard InChI is InChI=1S/C22H22N6O2/c1-15-8-9-18(12-16(15)2)28-21-20(25-26-28)22(30)27(14-24-21)13-19(29)23-11-10-17-6-4-3-5-7-17/h3-9,12,14H,10-11,13H2,1-2H3,(H,23,29). The molecule has 4 rings (SSSR count). The van der Waals surface area contributed by atoms with Gasteiger partial charge in [-0.05, 0) is 49.1 Å². The molecule has 4 aromatic rings. The number of nitrogens with one attached hydrogen (secondary N) is 1. The Morgan fingerprint density at radius 1 is 1.07 bits per heavy atom. The highest BCUT2D eigenvalue weighted by atomic mass is 16.2. The Morgan fingerprint density at radius 3 is 2.63 bits per heavy atom. The third kappa shape index (κ3) is 3.98. The van der Waals surface area contributed by atoms with Gasteiger partial charge in [0.1, 0.15) is 12.9 Å². The van der Waals surface area contributed by atoms with E-state index in [4.69, 9.17) is 0 Å². The molecule has 2 heterocycles. The van der Waals surface area contributed by atoms with Gasteiger partial charge in [0.05, 0.1) is 5.69 Å². The van der Waals surface area contributed by atoms with Gasteiger partial charge in [-0.1, -0.05) is 41.6 Å². The lowest BCUT2D eigenvalue weighted by Crippen LogP contribution is -2.33. The van der Waals surface area contributed by atoms with Crippen molar-refractivity contribution < 1.29 is 4.79 Å². The molecule has 152 valence electrons. The monoisotopic (exact) mass is 402 g/mol. The van der Waals surface area contributed by atoms with Crippen LogP contribution in [-0.2, 0) is 17.8 Å². The van der Waals surface area contributed by atoms with Gasteiger partial charge in [-0.15, -0.1) is 5.10 Å². The minimum Gasteiger partial charge on any atom is -0.354 e. The van der Waals surface area contributed by atoms with Crippen LogP contribution in [0.15, 0.2) is 59.7 Å². The molecule has 0 radical (unpaired) electrons. The van der Waals surface area contributed by atoms with Crippen LogP contribution >= 0.6 is 0 Å². The Labute approximate surface area is 173 Å². The molecule has 0 aliphatic heterocycles. The van der Waals surface area contributed by atoms with E-state index in [0.29, 0.717) is 12.2 Å². The summed E-state index contributed by atoms with van der Waals surface area (Å²) >= 11 is 0. The number of benzene rings is 2. The van der Waals surface area contributed by atoms with Crippen molar-refractivity contribution >= 4 is 17.1 Å². The highest BCUT2D eigenvalue weighted by Gasteiger charge is 2.15. The van der Waals surface area contributed by atoms with Gasteiger partial charge in [-0.25, -0.2) is 4.98 Å². The van der Waals surface area contributed by atoms with E-state index in [-0.39, 0.29) is 18.0 Å². The first kappa shape index (κ1) is 19.5. The Hall–Kier alpha value is -3.81. The fourth-order valence-electron chi connectivity index (χ4n) is 3.19. The van der Waals surface area contributed by atoms with Gasteiger partial charge in [0.25, 0.3) is 5.56 Å². The van der Waals surface area contributed by atoms with Crippen LogP contribution in [-0.4, -0.2) is 37.0 Å². The van der Waals surface area contributed by atoms with Gasteiger partial charge < -0.3 is 5.32 Å². The first-order valence-corrected chi connectivity index (χ1v) is 9.72. The Morgan fingerprint density at radius 2 is 1.87 bits per heavy atom. The number of hydrogen-bond donors (Lipinski definition) is 1. The van der Waals surface area contributed by atoms with Gasteiger partial charge in [-0.3, -0.25) is 14.2 Å². The maximum atomic E-state index is 12.8. The average Bonchev–Trinajstić information content (AvgIpc) is 3.18. The molecule has 0 saturated heterocycles. The predicted octanol–water partition coefficient (Wildman–Crippen LogP) is 1.95. The fourth-order valence-corrected chi connectivity index (χ4v) is 3.19. The Balaban J connectivity index is 1.49. The molecular weight excluding hydrogens is 380 g/mol. The van der Waals surface area contributed by atoms with Crippen LogP contribution in [0.2, 0.25) is 0 Å². The van der Waals surface area contributed by atoms with Crippen molar-refractivity contribution in [3.63, 3.8) is 0 Å². The minimum absolute atomic E-state index is 0.118. The van der Waals surface area contributed by atoms with E-state index in [1.165, 1.54) is 15.6 Å². The normalized spacial score (nSPS) is 11.0. The molecule has 0 fully saturated rings. The molecule has 8 nitrogen and oxygen atoms in total. The van der Waals surface area contributed by atoms with Crippen LogP contribution in [0.3, 0.4) is 0 Å². The number of carbonyl (C=O) groups excluding carboxylic acids is 1. The van der Waals surface area contributed by atoms with Crippen LogP contribution in [0.4, 0.5) is 0 Å². The lowest BCUT2D eigenvalue weighted by atomic mass is 10.1. The number of carbonyl (C=O) groups is 1. The van der Waals surface area contributed by atoms with Crippen molar-refractivity contribution in [2.45, 2.75) is 26.8 Å². The summed E-state index contributed by atoms with van der Waals surface area (Å²) in [5.41, 5.74) is 4.29. The SMILES string of the molecule is Cc1ccc(-n2nnc3c(=O)n(CC(=O)NCCc4ccccc4)cnc32)cc1C. The summed E-state index contributed by atoms with van der Waals surface area (Å²) in [5, 5.41) is 10.9. The quantitative estimate of drug-likeness (QED) is 0.532. The molecule has 8 heteroatoms. The highest BCUT2D eigenvalue weighted by Crippen LogP contribution is 2.16. The molecule has 1 N–H and O–H groups in total. The zero-order chi connectivity index (χ0) is 21.1. The van der Waals surface area contributed by atoms with E-state index >= 15 is 0 Å². The lowest BCUT2D eigenvalue weighted by molar-refractivity contribution is -0.121. The number of aromatic nitrogens is 5. The highest BCUT2D eigenvalue weighted by molar-refractivity contribution is 5.76. The van der Waals surface area contributed by atoms with E-state index in [1.807, 2.05) is 62.4 Å². The van der Waals surface area contributed by atoms with Crippen molar-refractivity contribution in [3.8, 4) is 5.69 Å². The molecule has 2 aromatic carbocycles. The number of aryl methyl sites for hydroxylation is 2. The molecule has 0 atom stereocenters. The average molecular weight is 402 g/mol. The second-order valence-electron chi connectivity index (χ2n) is 7.21. The summed E-state index contributed by atoms with van der Waals surface area (Å²) in [5.74, 6) is -0.254. The summed E-state index contributed by atoms with van der Waals surface area (Å²) in [6.07, 6.45) is 2.09. The van der Waals surface area contributed by atoms with Gasteiger partial charge >= 0.3 is 0 Å². The van der Waals surface area contributed by atoms with Crippen LogP contribution in [0.25, 0.3) is 16.9 Å². The third-order valence-electron chi connectivity index (χ3n) is 5.06. The summed E-state index contributed by atoms with van der Waals surface area (Å²) in [6.45, 7) is 4.42. The number of rotatable bonds is 6. The molecule has 2 aromatic heterocycles. The van der Waals surface area contributed by atoms with E-state index in [2.05, 4.69) is 20.6 Å². The van der Waals surface area contributed by atoms with Crippen LogP contribution < -0.4 is 10.9 Å². The smallest absolute Gasteiger partial charge is 0.284 e. The molecule has 0 aliphatic carbocycles. The second-order valence-corrected chi connectivity index (χ2v) is 7.21. The van der Waals surface area contributed by atoms with E-state index in [0.717, 1.165) is 28.8 Å². The van der Waals surface area contributed by atoms with Gasteiger partial charge in [0, 0.05) is 6.54 Å². The van der Waals surface area contributed by atoms with Crippen molar-refractivity contribution in [1.82, 2.24) is 29.9 Å². The van der Waals surface area contributed by atoms with Crippen molar-refractivity contribution in [3.05, 3.63) is 81.9 Å². The van der Waals surface area contributed by atoms with Crippen LogP contribution in [0.1, 0.15) is 16.7 Å². The van der Waals surface area contributed by atoms with E-state index in [1.54, 1.807) is 0 Å². The molecular formula is C22H22N6O2. The van der Waals surface area contributed by atoms with Crippen molar-refractivity contribution in [1.29, 1.82) is 0 Å². The molecule has 0 spiro atoms. The Bertz CT molecular complexity index is 1260. The third-order valence-corrected chi connectivity index (χ3v) is 5.06. The maximum Gasteiger partial charge on any atom is 0.284 e. The molecule has 0 saturated carbocycles. The van der Waals surface area contributed by atoms with E-state index in [9.17, 15) is 9.59 Å². The minimum atomic E-state index is -0.395. The zero-order valence-electron chi connectivity index (χ0n) is 16.9. The molecule has 0 unspecified atom stereocenters. The van der Waals surface area contributed by atoms with Crippen molar-refractivity contribution in [2.75, 3.05) is 6.54 Å². The second kappa shape index (κ2) is 8.28. The van der Waals surface area contributed by atoms with Gasteiger partial charge in [-0.2, -0.15) is 4.68 Å². The topological polar surface area (TPSA) is 94.7 Å². The van der Waals surface area contributed by atoms with Crippen LogP contribution in [0.5, 0.6) is 0 Å². The predicted molar refractivity (Wildman–Crippen MR) is 114 cm³/mol. The summed E-state index contributed by atoms with van der Waals surface area (Å²) in [4.78, 5) is 29.3. The number of amides is 1. The fraction of sp³-hybridized carbons (Fsp3) is 0.227. The summed E-state index contributed by atoms with van der Waals surface area (Å²) < 4.78 is 2.78. The van der Waals surface area contributed by atoms with Gasteiger partial charge in [0.2, 0.25) is 5.91 Å². The lowest BCUT2D eigenvalue weighted by Gasteiger charge is -2.08. The number of nitrogens with zero attached hydrogens (tertiary/aromatic N) is 5. The first-order chi connectivity index (χ1) is 14.5. The molecule has 0 bridgehead atoms.